The SMILES string of the molecule is COc1ccc(CNc2ccc3nc(C)cn3n2)cc1. The molecule has 0 saturated heterocycles. The molecule has 0 unspecified atom stereocenters. The summed E-state index contributed by atoms with van der Waals surface area (Å²) in [5, 5.41) is 7.76. The first-order valence-electron chi connectivity index (χ1n) is 6.44. The third-order valence-electron chi connectivity index (χ3n) is 3.07. The third kappa shape index (κ3) is 2.56. The van der Waals surface area contributed by atoms with Crippen molar-refractivity contribution in [3.05, 3.63) is 53.9 Å². The first-order chi connectivity index (χ1) is 9.74. The Labute approximate surface area is 117 Å². The molecular weight excluding hydrogens is 252 g/mol. The van der Waals surface area contributed by atoms with Gasteiger partial charge in [0.1, 0.15) is 11.6 Å². The minimum atomic E-state index is 0.718. The second-order valence-electron chi connectivity index (χ2n) is 4.61. The number of hydrogen-bond donors (Lipinski definition) is 1. The molecule has 5 heteroatoms. The Hall–Kier alpha value is -2.56. The standard InChI is InChI=1S/C15H16N4O/c1-11-10-19-15(17-11)8-7-14(18-19)16-9-12-3-5-13(20-2)6-4-12/h3-8,10H,9H2,1-2H3,(H,16,18). The van der Waals surface area contributed by atoms with Crippen LogP contribution in [0.15, 0.2) is 42.6 Å². The lowest BCUT2D eigenvalue weighted by molar-refractivity contribution is 0.414. The Morgan fingerprint density at radius 1 is 1.15 bits per heavy atom. The second-order valence-corrected chi connectivity index (χ2v) is 4.61. The molecule has 0 radical (unpaired) electrons. The lowest BCUT2D eigenvalue weighted by Crippen LogP contribution is -2.03. The molecule has 1 aromatic carbocycles. The summed E-state index contributed by atoms with van der Waals surface area (Å²) in [6, 6.07) is 11.9. The van der Waals surface area contributed by atoms with E-state index in [4.69, 9.17) is 4.74 Å². The predicted molar refractivity (Wildman–Crippen MR) is 78.0 cm³/mol. The van der Waals surface area contributed by atoms with E-state index in [9.17, 15) is 0 Å². The molecule has 0 spiro atoms. The summed E-state index contributed by atoms with van der Waals surface area (Å²) in [6.45, 7) is 2.68. The van der Waals surface area contributed by atoms with Crippen LogP contribution in [0.3, 0.4) is 0 Å². The van der Waals surface area contributed by atoms with Crippen molar-refractivity contribution in [1.82, 2.24) is 14.6 Å². The zero-order chi connectivity index (χ0) is 13.9. The maximum Gasteiger partial charge on any atom is 0.153 e. The number of methoxy groups -OCH3 is 1. The summed E-state index contributed by atoms with van der Waals surface area (Å²) in [7, 11) is 1.67. The zero-order valence-electron chi connectivity index (χ0n) is 11.5. The molecule has 0 atom stereocenters. The number of aromatic nitrogens is 3. The number of nitrogens with zero attached hydrogens (tertiary/aromatic N) is 3. The monoisotopic (exact) mass is 268 g/mol. The summed E-state index contributed by atoms with van der Waals surface area (Å²) < 4.78 is 6.92. The van der Waals surface area contributed by atoms with E-state index in [0.717, 1.165) is 29.5 Å². The van der Waals surface area contributed by atoms with Crippen LogP contribution in [0.2, 0.25) is 0 Å². The Balaban J connectivity index is 1.72. The molecule has 0 bridgehead atoms. The number of hydrogen-bond acceptors (Lipinski definition) is 4. The van der Waals surface area contributed by atoms with E-state index in [1.54, 1.807) is 11.6 Å². The Bertz CT molecular complexity index is 718. The fourth-order valence-corrected chi connectivity index (χ4v) is 2.03. The van der Waals surface area contributed by atoms with Crippen LogP contribution in [0.1, 0.15) is 11.3 Å². The topological polar surface area (TPSA) is 51.5 Å². The van der Waals surface area contributed by atoms with Gasteiger partial charge in [-0.3, -0.25) is 0 Å². The van der Waals surface area contributed by atoms with Gasteiger partial charge in [-0.15, -0.1) is 5.10 Å². The van der Waals surface area contributed by atoms with Gasteiger partial charge < -0.3 is 10.1 Å². The Morgan fingerprint density at radius 3 is 2.70 bits per heavy atom. The fraction of sp³-hybridized carbons (Fsp3) is 0.200. The van der Waals surface area contributed by atoms with E-state index in [-0.39, 0.29) is 0 Å². The van der Waals surface area contributed by atoms with Crippen molar-refractivity contribution in [3.63, 3.8) is 0 Å². The summed E-state index contributed by atoms with van der Waals surface area (Å²) in [5.74, 6) is 1.69. The molecular formula is C15H16N4O. The molecule has 0 aliphatic carbocycles. The smallest absolute Gasteiger partial charge is 0.153 e. The number of imidazole rings is 1. The van der Waals surface area contributed by atoms with Crippen molar-refractivity contribution < 1.29 is 4.74 Å². The molecule has 3 rings (SSSR count). The maximum absolute atomic E-state index is 5.14. The van der Waals surface area contributed by atoms with Gasteiger partial charge in [0, 0.05) is 6.54 Å². The number of benzene rings is 1. The largest absolute Gasteiger partial charge is 0.497 e. The Kier molecular flexibility index (Phi) is 3.25. The van der Waals surface area contributed by atoms with Gasteiger partial charge >= 0.3 is 0 Å². The van der Waals surface area contributed by atoms with Crippen LogP contribution in [-0.2, 0) is 6.54 Å². The van der Waals surface area contributed by atoms with Crippen molar-refractivity contribution in [3.8, 4) is 5.75 Å². The molecule has 0 aliphatic rings. The highest BCUT2D eigenvalue weighted by Crippen LogP contribution is 2.13. The quantitative estimate of drug-likeness (QED) is 0.790. The predicted octanol–water partition coefficient (Wildman–Crippen LogP) is 2.66. The summed E-state index contributed by atoms with van der Waals surface area (Å²) in [4.78, 5) is 4.35. The zero-order valence-corrected chi connectivity index (χ0v) is 11.5. The van der Waals surface area contributed by atoms with Crippen LogP contribution in [0.4, 0.5) is 5.82 Å². The van der Waals surface area contributed by atoms with Gasteiger partial charge in [0.15, 0.2) is 5.65 Å². The molecule has 0 saturated carbocycles. The number of rotatable bonds is 4. The number of fused-ring (bicyclic) bond motifs is 1. The molecule has 20 heavy (non-hydrogen) atoms. The van der Waals surface area contributed by atoms with E-state index < -0.39 is 0 Å². The van der Waals surface area contributed by atoms with Crippen LogP contribution >= 0.6 is 0 Å². The third-order valence-corrected chi connectivity index (χ3v) is 3.07. The average Bonchev–Trinajstić information content (AvgIpc) is 2.85. The van der Waals surface area contributed by atoms with Crippen LogP contribution in [0.25, 0.3) is 5.65 Å². The van der Waals surface area contributed by atoms with E-state index >= 15 is 0 Å². The van der Waals surface area contributed by atoms with Crippen molar-refractivity contribution in [2.75, 3.05) is 12.4 Å². The molecule has 2 heterocycles. The van der Waals surface area contributed by atoms with Crippen LogP contribution in [-0.4, -0.2) is 21.7 Å². The van der Waals surface area contributed by atoms with Crippen LogP contribution in [0.5, 0.6) is 5.75 Å². The second kappa shape index (κ2) is 5.21. The highest BCUT2D eigenvalue weighted by Gasteiger charge is 2.01. The fourth-order valence-electron chi connectivity index (χ4n) is 2.03. The number of anilines is 1. The van der Waals surface area contributed by atoms with E-state index in [1.807, 2.05) is 49.5 Å². The lowest BCUT2D eigenvalue weighted by Gasteiger charge is -2.06. The molecule has 1 N–H and O–H groups in total. The first-order valence-corrected chi connectivity index (χ1v) is 6.44. The number of aryl methyl sites for hydroxylation is 1. The number of ether oxygens (including phenoxy) is 1. The minimum absolute atomic E-state index is 0.718. The van der Waals surface area contributed by atoms with Gasteiger partial charge in [-0.25, -0.2) is 9.50 Å². The normalized spacial score (nSPS) is 10.7. The lowest BCUT2D eigenvalue weighted by atomic mass is 10.2. The number of nitrogens with one attached hydrogen (secondary N) is 1. The van der Waals surface area contributed by atoms with Gasteiger partial charge in [0.25, 0.3) is 0 Å². The van der Waals surface area contributed by atoms with Gasteiger partial charge in [-0.2, -0.15) is 0 Å². The van der Waals surface area contributed by atoms with Crippen molar-refractivity contribution >= 4 is 11.5 Å². The Morgan fingerprint density at radius 2 is 1.95 bits per heavy atom. The first kappa shape index (κ1) is 12.5. The highest BCUT2D eigenvalue weighted by atomic mass is 16.5. The van der Waals surface area contributed by atoms with Gasteiger partial charge in [-0.1, -0.05) is 12.1 Å². The maximum atomic E-state index is 5.14. The summed E-state index contributed by atoms with van der Waals surface area (Å²) in [6.07, 6.45) is 1.91. The average molecular weight is 268 g/mol. The molecule has 0 amide bonds. The van der Waals surface area contributed by atoms with E-state index in [0.29, 0.717) is 0 Å². The van der Waals surface area contributed by atoms with Gasteiger partial charge in [-0.05, 0) is 36.8 Å². The summed E-state index contributed by atoms with van der Waals surface area (Å²) >= 11 is 0. The molecule has 5 nitrogen and oxygen atoms in total. The summed E-state index contributed by atoms with van der Waals surface area (Å²) in [5.41, 5.74) is 3.00. The van der Waals surface area contributed by atoms with Gasteiger partial charge in [0.05, 0.1) is 19.0 Å². The van der Waals surface area contributed by atoms with Gasteiger partial charge in [0.2, 0.25) is 0 Å². The van der Waals surface area contributed by atoms with Crippen molar-refractivity contribution in [1.29, 1.82) is 0 Å². The molecule has 3 aromatic rings. The molecule has 0 aliphatic heterocycles. The van der Waals surface area contributed by atoms with Crippen molar-refractivity contribution in [2.45, 2.75) is 13.5 Å². The molecule has 102 valence electrons. The van der Waals surface area contributed by atoms with Crippen LogP contribution in [0, 0.1) is 6.92 Å². The minimum Gasteiger partial charge on any atom is -0.497 e. The van der Waals surface area contributed by atoms with Crippen molar-refractivity contribution in [2.24, 2.45) is 0 Å². The van der Waals surface area contributed by atoms with Crippen LogP contribution < -0.4 is 10.1 Å². The van der Waals surface area contributed by atoms with E-state index in [2.05, 4.69) is 15.4 Å². The van der Waals surface area contributed by atoms with E-state index in [1.165, 1.54) is 5.56 Å². The molecule has 0 fully saturated rings. The highest BCUT2D eigenvalue weighted by molar-refractivity contribution is 5.45. The molecule has 2 aromatic heterocycles.